The first-order valence-corrected chi connectivity index (χ1v) is 12.6. The molecule has 0 unspecified atom stereocenters. The molecule has 3 aromatic rings. The van der Waals surface area contributed by atoms with Gasteiger partial charge in [-0.3, -0.25) is 4.79 Å². The first kappa shape index (κ1) is 24.7. The maximum Gasteiger partial charge on any atom is 0.339 e. The molecule has 3 rings (SSSR count). The molecule has 0 bridgehead atoms. The van der Waals surface area contributed by atoms with Crippen LogP contribution < -0.4 is 9.50 Å². The normalized spacial score (nSPS) is 11.5. The van der Waals surface area contributed by atoms with Crippen LogP contribution in [0.15, 0.2) is 80.1 Å². The van der Waals surface area contributed by atoms with Crippen LogP contribution in [0.5, 0.6) is 5.75 Å². The Morgan fingerprint density at radius 3 is 2.21 bits per heavy atom. The molecule has 6 nitrogen and oxygen atoms in total. The van der Waals surface area contributed by atoms with E-state index in [-0.39, 0.29) is 16.2 Å². The Morgan fingerprint density at radius 1 is 1.03 bits per heavy atom. The van der Waals surface area contributed by atoms with Gasteiger partial charge in [-0.2, -0.15) is 13.7 Å². The van der Waals surface area contributed by atoms with Gasteiger partial charge < -0.3 is 9.50 Å². The highest BCUT2D eigenvalue weighted by Crippen LogP contribution is 2.37. The van der Waals surface area contributed by atoms with Crippen LogP contribution in [0.4, 0.5) is 5.69 Å². The van der Waals surface area contributed by atoms with Gasteiger partial charge in [0.25, 0.3) is 5.91 Å². The van der Waals surface area contributed by atoms with Crippen LogP contribution in [0, 0.1) is 25.2 Å². The molecule has 0 saturated carbocycles. The number of hydrogen-bond acceptors (Lipinski definition) is 5. The summed E-state index contributed by atoms with van der Waals surface area (Å²) in [5.74, 6) is -0.503. The Labute approximate surface area is 209 Å². The molecule has 3 aromatic carbocycles. The predicted octanol–water partition coefficient (Wildman–Crippen LogP) is 6.14. The van der Waals surface area contributed by atoms with Crippen molar-refractivity contribution in [2.45, 2.75) is 18.7 Å². The Hall–Kier alpha value is -2.93. The fourth-order valence-corrected chi connectivity index (χ4v) is 5.39. The van der Waals surface area contributed by atoms with Gasteiger partial charge in [-0.25, -0.2) is 0 Å². The third kappa shape index (κ3) is 6.11. The van der Waals surface area contributed by atoms with Gasteiger partial charge in [0.05, 0.1) is 8.95 Å². The molecule has 0 aliphatic heterocycles. The third-order valence-corrected chi connectivity index (χ3v) is 7.01. The van der Waals surface area contributed by atoms with Crippen molar-refractivity contribution in [3.8, 4) is 11.8 Å². The van der Waals surface area contributed by atoms with Gasteiger partial charge in [0.1, 0.15) is 16.5 Å². The summed E-state index contributed by atoms with van der Waals surface area (Å²) in [5.41, 5.74) is 2.77. The number of halogens is 2. The van der Waals surface area contributed by atoms with Crippen molar-refractivity contribution in [2.75, 3.05) is 5.32 Å². The first-order chi connectivity index (χ1) is 15.6. The number of benzene rings is 3. The van der Waals surface area contributed by atoms with Crippen LogP contribution >= 0.6 is 31.9 Å². The number of aryl methyl sites for hydroxylation is 2. The minimum Gasteiger partial charge on any atom is -0.377 e. The second kappa shape index (κ2) is 10.3. The molecule has 0 atom stereocenters. The zero-order valence-electron chi connectivity index (χ0n) is 17.6. The average Bonchev–Trinajstić information content (AvgIpc) is 2.76. The van der Waals surface area contributed by atoms with E-state index in [0.29, 0.717) is 20.2 Å². The van der Waals surface area contributed by atoms with Crippen LogP contribution in [0.3, 0.4) is 0 Å². The van der Waals surface area contributed by atoms with Gasteiger partial charge in [-0.05, 0) is 93.2 Å². The smallest absolute Gasteiger partial charge is 0.339 e. The fourth-order valence-electron chi connectivity index (χ4n) is 2.82. The number of carbonyl (C=O) groups excluding carboxylic acids is 1. The highest BCUT2D eigenvalue weighted by molar-refractivity contribution is 9.11. The van der Waals surface area contributed by atoms with E-state index in [9.17, 15) is 18.5 Å². The molecule has 0 fully saturated rings. The minimum atomic E-state index is -4.06. The molecule has 168 valence electrons. The molecular weight excluding hydrogens is 572 g/mol. The SMILES string of the molecule is Cc1ccc(S(=O)(=O)Oc2c(Br)cc(/C=C(\C#N)C(=O)Nc3ccccc3C)cc2Br)cc1. The van der Waals surface area contributed by atoms with E-state index in [4.69, 9.17) is 4.18 Å². The summed E-state index contributed by atoms with van der Waals surface area (Å²) in [6.45, 7) is 3.70. The van der Waals surface area contributed by atoms with Crippen LogP contribution in [0.2, 0.25) is 0 Å². The quantitative estimate of drug-likeness (QED) is 0.211. The lowest BCUT2D eigenvalue weighted by atomic mass is 10.1. The summed E-state index contributed by atoms with van der Waals surface area (Å²) in [7, 11) is -4.06. The van der Waals surface area contributed by atoms with Crippen molar-refractivity contribution in [1.29, 1.82) is 5.26 Å². The molecule has 0 aromatic heterocycles. The number of amides is 1. The average molecular weight is 590 g/mol. The number of nitrogens with one attached hydrogen (secondary N) is 1. The largest absolute Gasteiger partial charge is 0.377 e. The lowest BCUT2D eigenvalue weighted by Crippen LogP contribution is -2.14. The number of nitrogens with zero attached hydrogens (tertiary/aromatic N) is 1. The second-order valence-corrected chi connectivity index (χ2v) is 10.4. The summed E-state index contributed by atoms with van der Waals surface area (Å²) in [5, 5.41) is 12.2. The molecule has 0 radical (unpaired) electrons. The van der Waals surface area contributed by atoms with Gasteiger partial charge >= 0.3 is 10.1 Å². The van der Waals surface area contributed by atoms with Crippen LogP contribution in [0.1, 0.15) is 16.7 Å². The molecule has 1 amide bonds. The number of rotatable bonds is 6. The Balaban J connectivity index is 1.87. The van der Waals surface area contributed by atoms with Gasteiger partial charge in [-0.15, -0.1) is 0 Å². The van der Waals surface area contributed by atoms with Gasteiger partial charge in [-0.1, -0.05) is 35.9 Å². The number of anilines is 1. The van der Waals surface area contributed by atoms with E-state index in [1.54, 1.807) is 36.4 Å². The third-order valence-electron chi connectivity index (χ3n) is 4.59. The summed E-state index contributed by atoms with van der Waals surface area (Å²) in [6.07, 6.45) is 1.40. The fraction of sp³-hybridized carbons (Fsp3) is 0.0833. The lowest BCUT2D eigenvalue weighted by Gasteiger charge is -2.12. The summed E-state index contributed by atoms with van der Waals surface area (Å²) in [4.78, 5) is 12.6. The van der Waals surface area contributed by atoms with E-state index < -0.39 is 16.0 Å². The molecule has 0 aliphatic rings. The summed E-state index contributed by atoms with van der Waals surface area (Å²) in [6, 6.07) is 18.5. The van der Waals surface area contributed by atoms with E-state index in [2.05, 4.69) is 37.2 Å². The molecular formula is C24H18Br2N2O4S. The van der Waals surface area contributed by atoms with Crippen molar-refractivity contribution in [2.24, 2.45) is 0 Å². The van der Waals surface area contributed by atoms with Gasteiger partial charge in [0.2, 0.25) is 0 Å². The predicted molar refractivity (Wildman–Crippen MR) is 134 cm³/mol. The van der Waals surface area contributed by atoms with Crippen molar-refractivity contribution < 1.29 is 17.4 Å². The van der Waals surface area contributed by atoms with Crippen molar-refractivity contribution in [3.05, 3.63) is 91.9 Å². The van der Waals surface area contributed by atoms with Crippen LogP contribution in [0.25, 0.3) is 6.08 Å². The van der Waals surface area contributed by atoms with Crippen molar-refractivity contribution in [1.82, 2.24) is 0 Å². The van der Waals surface area contributed by atoms with Crippen molar-refractivity contribution in [3.63, 3.8) is 0 Å². The molecule has 0 saturated heterocycles. The zero-order chi connectivity index (χ0) is 24.2. The molecule has 33 heavy (non-hydrogen) atoms. The van der Waals surface area contributed by atoms with E-state index >= 15 is 0 Å². The van der Waals surface area contributed by atoms with E-state index in [1.807, 2.05) is 32.0 Å². The Bertz CT molecular complexity index is 1370. The van der Waals surface area contributed by atoms with Gasteiger partial charge in [0, 0.05) is 5.69 Å². The molecule has 1 N–H and O–H groups in total. The summed E-state index contributed by atoms with van der Waals surface area (Å²) >= 11 is 6.63. The second-order valence-electron chi connectivity index (χ2n) is 7.10. The van der Waals surface area contributed by atoms with Gasteiger partial charge in [0.15, 0.2) is 5.75 Å². The van der Waals surface area contributed by atoms with Crippen molar-refractivity contribution >= 4 is 59.6 Å². The highest BCUT2D eigenvalue weighted by Gasteiger charge is 2.21. The number of nitriles is 1. The topological polar surface area (TPSA) is 96.3 Å². The first-order valence-electron chi connectivity index (χ1n) is 9.59. The van der Waals surface area contributed by atoms with Crippen LogP contribution in [-0.4, -0.2) is 14.3 Å². The standard InChI is InChI=1S/C24H18Br2N2O4S/c1-15-7-9-19(10-8-15)33(30,31)32-23-20(25)12-17(13-21(23)26)11-18(14-27)24(29)28-22-6-4-3-5-16(22)2/h3-13H,1-2H3,(H,28,29)/b18-11+. The Kier molecular flexibility index (Phi) is 7.74. The lowest BCUT2D eigenvalue weighted by molar-refractivity contribution is -0.112. The van der Waals surface area contributed by atoms with E-state index in [0.717, 1.165) is 11.1 Å². The van der Waals surface area contributed by atoms with Crippen LogP contribution in [-0.2, 0) is 14.9 Å². The monoisotopic (exact) mass is 588 g/mol. The number of hydrogen-bond donors (Lipinski definition) is 1. The highest BCUT2D eigenvalue weighted by atomic mass is 79.9. The molecule has 0 aliphatic carbocycles. The molecule has 0 heterocycles. The minimum absolute atomic E-state index is 0.0236. The maximum atomic E-state index is 12.6. The summed E-state index contributed by atoms with van der Waals surface area (Å²) < 4.78 is 31.3. The Morgan fingerprint density at radius 2 is 1.64 bits per heavy atom. The number of para-hydroxylation sites is 1. The zero-order valence-corrected chi connectivity index (χ0v) is 21.6. The molecule has 0 spiro atoms. The number of carbonyl (C=O) groups is 1. The molecule has 9 heteroatoms. The van der Waals surface area contributed by atoms with E-state index in [1.165, 1.54) is 18.2 Å². The maximum absolute atomic E-state index is 12.6.